The van der Waals surface area contributed by atoms with Gasteiger partial charge in [-0.1, -0.05) is 0 Å². The third-order valence-corrected chi connectivity index (χ3v) is 4.89. The molecule has 2 nitrogen and oxygen atoms in total. The van der Waals surface area contributed by atoms with Crippen molar-refractivity contribution in [2.75, 3.05) is 13.2 Å². The van der Waals surface area contributed by atoms with Gasteiger partial charge in [-0.15, -0.1) is 0 Å². The van der Waals surface area contributed by atoms with Crippen LogP contribution in [0.4, 0.5) is 0 Å². The molecule has 2 heteroatoms. The summed E-state index contributed by atoms with van der Waals surface area (Å²) in [5.41, 5.74) is 0. The van der Waals surface area contributed by atoms with Crippen molar-refractivity contribution in [2.24, 2.45) is 23.7 Å². The van der Waals surface area contributed by atoms with E-state index in [1.54, 1.807) is 0 Å². The summed E-state index contributed by atoms with van der Waals surface area (Å²) in [4.78, 5) is 0. The molecule has 0 N–H and O–H groups in total. The molecule has 0 heterocycles. The van der Waals surface area contributed by atoms with E-state index in [0.717, 1.165) is 36.9 Å². The Labute approximate surface area is 92.3 Å². The largest absolute Gasteiger partial charge is 0.350 e. The molecule has 86 valence electrons. The normalized spacial score (nSPS) is 45.2. The monoisotopic (exact) mass is 210 g/mol. The van der Waals surface area contributed by atoms with E-state index in [1.807, 2.05) is 0 Å². The lowest BCUT2D eigenvalue weighted by Crippen LogP contribution is -2.59. The standard InChI is InChI=1S/C13H22O2/c1-3-14-13(15-4-2)8-11-9-5-6-10(7-9)12(11)13/h9-12H,3-8H2,1-2H3/t9-,10-,11-,12+/m1/s1. The van der Waals surface area contributed by atoms with E-state index in [-0.39, 0.29) is 5.79 Å². The summed E-state index contributed by atoms with van der Waals surface area (Å²) in [5, 5.41) is 0. The minimum Gasteiger partial charge on any atom is -0.350 e. The minimum absolute atomic E-state index is 0.173. The molecule has 2 bridgehead atoms. The van der Waals surface area contributed by atoms with E-state index in [1.165, 1.54) is 25.7 Å². The first-order valence-electron chi connectivity index (χ1n) is 6.58. The van der Waals surface area contributed by atoms with Crippen LogP contribution >= 0.6 is 0 Å². The predicted molar refractivity (Wildman–Crippen MR) is 58.4 cm³/mol. The molecule has 0 saturated heterocycles. The molecule has 0 unspecified atom stereocenters. The second-order valence-corrected chi connectivity index (χ2v) is 5.40. The quantitative estimate of drug-likeness (QED) is 0.664. The number of rotatable bonds is 4. The van der Waals surface area contributed by atoms with Gasteiger partial charge in [0.05, 0.1) is 0 Å². The van der Waals surface area contributed by atoms with Gasteiger partial charge in [0.2, 0.25) is 0 Å². The second kappa shape index (κ2) is 3.46. The second-order valence-electron chi connectivity index (χ2n) is 5.40. The topological polar surface area (TPSA) is 18.5 Å². The van der Waals surface area contributed by atoms with Crippen molar-refractivity contribution in [3.63, 3.8) is 0 Å². The lowest BCUT2D eigenvalue weighted by atomic mass is 9.61. The fourth-order valence-corrected chi connectivity index (χ4v) is 4.53. The number of fused-ring (bicyclic) bond motifs is 5. The Kier molecular flexibility index (Phi) is 2.33. The summed E-state index contributed by atoms with van der Waals surface area (Å²) in [6.07, 6.45) is 5.52. The zero-order valence-corrected chi connectivity index (χ0v) is 9.87. The van der Waals surface area contributed by atoms with Gasteiger partial charge in [0, 0.05) is 25.6 Å². The summed E-state index contributed by atoms with van der Waals surface area (Å²) in [7, 11) is 0. The van der Waals surface area contributed by atoms with Crippen LogP contribution in [0.5, 0.6) is 0 Å². The highest BCUT2D eigenvalue weighted by Crippen LogP contribution is 2.66. The zero-order valence-electron chi connectivity index (χ0n) is 9.87. The Morgan fingerprint density at radius 2 is 1.73 bits per heavy atom. The van der Waals surface area contributed by atoms with Gasteiger partial charge in [-0.2, -0.15) is 0 Å². The zero-order chi connectivity index (χ0) is 10.5. The Morgan fingerprint density at radius 1 is 1.07 bits per heavy atom. The van der Waals surface area contributed by atoms with Gasteiger partial charge in [-0.05, 0) is 50.9 Å². The van der Waals surface area contributed by atoms with Crippen molar-refractivity contribution >= 4 is 0 Å². The predicted octanol–water partition coefficient (Wildman–Crippen LogP) is 2.82. The van der Waals surface area contributed by atoms with Gasteiger partial charge in [-0.25, -0.2) is 0 Å². The molecule has 0 aromatic heterocycles. The molecule has 3 saturated carbocycles. The van der Waals surface area contributed by atoms with Gasteiger partial charge >= 0.3 is 0 Å². The molecule has 0 spiro atoms. The Bertz CT molecular complexity index is 243. The maximum absolute atomic E-state index is 5.95. The number of hydrogen-bond acceptors (Lipinski definition) is 2. The first-order chi connectivity index (χ1) is 7.30. The van der Waals surface area contributed by atoms with E-state index in [4.69, 9.17) is 9.47 Å². The van der Waals surface area contributed by atoms with E-state index < -0.39 is 0 Å². The van der Waals surface area contributed by atoms with Gasteiger partial charge in [-0.3, -0.25) is 0 Å². The van der Waals surface area contributed by atoms with Crippen LogP contribution in [0.1, 0.15) is 39.5 Å². The van der Waals surface area contributed by atoms with Crippen molar-refractivity contribution in [2.45, 2.75) is 45.3 Å². The average molecular weight is 210 g/mol. The average Bonchev–Trinajstić information content (AvgIpc) is 2.73. The fraction of sp³-hybridized carbons (Fsp3) is 1.00. The van der Waals surface area contributed by atoms with E-state index in [0.29, 0.717) is 0 Å². The van der Waals surface area contributed by atoms with Crippen molar-refractivity contribution in [1.29, 1.82) is 0 Å². The summed E-state index contributed by atoms with van der Waals surface area (Å²) < 4.78 is 11.9. The Hall–Kier alpha value is -0.0800. The molecule has 4 atom stereocenters. The van der Waals surface area contributed by atoms with Gasteiger partial charge in [0.15, 0.2) is 5.79 Å². The minimum atomic E-state index is -0.173. The van der Waals surface area contributed by atoms with E-state index in [2.05, 4.69) is 13.8 Å². The van der Waals surface area contributed by atoms with Crippen LogP contribution in [0.3, 0.4) is 0 Å². The highest BCUT2D eigenvalue weighted by molar-refractivity contribution is 5.11. The molecule has 15 heavy (non-hydrogen) atoms. The molecule has 3 rings (SSSR count). The van der Waals surface area contributed by atoms with Crippen LogP contribution in [0.25, 0.3) is 0 Å². The van der Waals surface area contributed by atoms with Crippen LogP contribution in [0.2, 0.25) is 0 Å². The first kappa shape index (κ1) is 10.1. The van der Waals surface area contributed by atoms with E-state index >= 15 is 0 Å². The van der Waals surface area contributed by atoms with Crippen LogP contribution < -0.4 is 0 Å². The lowest BCUT2D eigenvalue weighted by Gasteiger charge is -2.55. The van der Waals surface area contributed by atoms with E-state index in [9.17, 15) is 0 Å². The van der Waals surface area contributed by atoms with Crippen molar-refractivity contribution < 1.29 is 9.47 Å². The van der Waals surface area contributed by atoms with Crippen LogP contribution in [0.15, 0.2) is 0 Å². The smallest absolute Gasteiger partial charge is 0.171 e. The molecule has 3 fully saturated rings. The molecule has 0 radical (unpaired) electrons. The third-order valence-electron chi connectivity index (χ3n) is 4.89. The van der Waals surface area contributed by atoms with Crippen molar-refractivity contribution in [3.8, 4) is 0 Å². The van der Waals surface area contributed by atoms with Gasteiger partial charge < -0.3 is 9.47 Å². The highest BCUT2D eigenvalue weighted by Gasteiger charge is 2.66. The Morgan fingerprint density at radius 3 is 2.33 bits per heavy atom. The molecule has 3 aliphatic rings. The SMILES string of the molecule is CCOC1(OCC)C[C@@H]2[C@@H]3CC[C@H](C3)[C@@H]21. The number of hydrogen-bond donors (Lipinski definition) is 0. The molecule has 0 aromatic rings. The maximum Gasteiger partial charge on any atom is 0.171 e. The summed E-state index contributed by atoms with van der Waals surface area (Å²) in [6.45, 7) is 5.75. The Balaban J connectivity index is 1.77. The summed E-state index contributed by atoms with van der Waals surface area (Å²) in [6, 6.07) is 0. The van der Waals surface area contributed by atoms with Gasteiger partial charge in [0.1, 0.15) is 0 Å². The summed E-state index contributed by atoms with van der Waals surface area (Å²) >= 11 is 0. The van der Waals surface area contributed by atoms with Gasteiger partial charge in [0.25, 0.3) is 0 Å². The molecular weight excluding hydrogens is 188 g/mol. The molecule has 3 aliphatic carbocycles. The molecule has 0 aliphatic heterocycles. The highest BCUT2D eigenvalue weighted by atomic mass is 16.7. The maximum atomic E-state index is 5.95. The van der Waals surface area contributed by atoms with Crippen LogP contribution in [0, 0.1) is 23.7 Å². The van der Waals surface area contributed by atoms with Crippen molar-refractivity contribution in [1.82, 2.24) is 0 Å². The molecule has 0 aromatic carbocycles. The van der Waals surface area contributed by atoms with Crippen LogP contribution in [-0.4, -0.2) is 19.0 Å². The van der Waals surface area contributed by atoms with Crippen LogP contribution in [-0.2, 0) is 9.47 Å². The molecular formula is C13H22O2. The first-order valence-corrected chi connectivity index (χ1v) is 6.58. The lowest BCUT2D eigenvalue weighted by molar-refractivity contribution is -0.337. The van der Waals surface area contributed by atoms with Crippen molar-refractivity contribution in [3.05, 3.63) is 0 Å². The fourth-order valence-electron chi connectivity index (χ4n) is 4.53. The summed E-state index contributed by atoms with van der Waals surface area (Å²) in [5.74, 6) is 3.41. The molecule has 0 amide bonds. The third kappa shape index (κ3) is 1.24. The number of ether oxygens (including phenoxy) is 2.